The molecule has 0 saturated heterocycles. The van der Waals surface area contributed by atoms with Crippen LogP contribution in [0.2, 0.25) is 0 Å². The van der Waals surface area contributed by atoms with E-state index in [1.165, 1.54) is 17.0 Å². The Kier molecular flexibility index (Phi) is 4.89. The van der Waals surface area contributed by atoms with Crippen molar-refractivity contribution in [2.45, 2.75) is 6.92 Å². The fourth-order valence-corrected chi connectivity index (χ4v) is 1.54. The van der Waals surface area contributed by atoms with Gasteiger partial charge in [-0.2, -0.15) is 0 Å². The van der Waals surface area contributed by atoms with Crippen molar-refractivity contribution in [2.24, 2.45) is 0 Å². The van der Waals surface area contributed by atoms with Gasteiger partial charge in [-0.3, -0.25) is 0 Å². The molecule has 0 bridgehead atoms. The van der Waals surface area contributed by atoms with E-state index in [-0.39, 0.29) is 23.9 Å². The van der Waals surface area contributed by atoms with Crippen LogP contribution in [0.5, 0.6) is 0 Å². The summed E-state index contributed by atoms with van der Waals surface area (Å²) < 4.78 is 0. The van der Waals surface area contributed by atoms with Gasteiger partial charge >= 0.3 is 23.9 Å². The molecule has 0 N–H and O–H groups in total. The van der Waals surface area contributed by atoms with Crippen molar-refractivity contribution in [3.63, 3.8) is 0 Å². The van der Waals surface area contributed by atoms with Crippen LogP contribution in [-0.4, -0.2) is 23.9 Å². The van der Waals surface area contributed by atoms with Gasteiger partial charge in [0.05, 0.1) is 0 Å². The van der Waals surface area contributed by atoms with Crippen LogP contribution in [0.1, 0.15) is 18.1 Å². The van der Waals surface area contributed by atoms with E-state index in [0.717, 1.165) is 0 Å². The summed E-state index contributed by atoms with van der Waals surface area (Å²) in [6, 6.07) is 20.9. The normalized spacial score (nSPS) is 9.73. The average molecular weight is 302 g/mol. The van der Waals surface area contributed by atoms with E-state index in [0.29, 0.717) is 0 Å². The van der Waals surface area contributed by atoms with Crippen LogP contribution in [0.3, 0.4) is 0 Å². The third kappa shape index (κ3) is 3.10. The first kappa shape index (κ1) is 12.3. The molecular formula is C14H15Sn. The molecule has 0 atom stereocenters. The summed E-state index contributed by atoms with van der Waals surface area (Å²) in [4.78, 5) is 0. The van der Waals surface area contributed by atoms with Gasteiger partial charge in [0.1, 0.15) is 0 Å². The van der Waals surface area contributed by atoms with Gasteiger partial charge in [0, 0.05) is 5.92 Å². The molecule has 75 valence electrons. The zero-order valence-electron chi connectivity index (χ0n) is 8.98. The summed E-state index contributed by atoms with van der Waals surface area (Å²) in [5.41, 5.74) is 2.58. The second-order valence-corrected chi connectivity index (χ2v) is 3.36. The van der Waals surface area contributed by atoms with Gasteiger partial charge < -0.3 is 0 Å². The van der Waals surface area contributed by atoms with E-state index in [2.05, 4.69) is 55.5 Å². The molecule has 0 aliphatic carbocycles. The Labute approximate surface area is 108 Å². The molecule has 0 aliphatic heterocycles. The Bertz CT molecular complexity index is 341. The van der Waals surface area contributed by atoms with Crippen molar-refractivity contribution >= 4 is 23.9 Å². The van der Waals surface area contributed by atoms with Gasteiger partial charge in [0.25, 0.3) is 0 Å². The van der Waals surface area contributed by atoms with Gasteiger partial charge in [-0.05, 0) is 11.1 Å². The van der Waals surface area contributed by atoms with Gasteiger partial charge in [-0.25, -0.2) is 0 Å². The first-order chi connectivity index (χ1) is 6.88. The van der Waals surface area contributed by atoms with E-state index in [9.17, 15) is 0 Å². The standard InChI is InChI=1S/C14H13.Sn.2H/c1-12(13-8-4-2-5-9-13)14-10-6-3-7-11-14;;;/h2-11H,1H3;;;. The molecule has 0 amide bonds. The maximum absolute atomic E-state index is 2.16. The van der Waals surface area contributed by atoms with Crippen molar-refractivity contribution in [3.05, 3.63) is 77.7 Å². The molecule has 0 saturated carbocycles. The molecule has 0 aliphatic rings. The van der Waals surface area contributed by atoms with E-state index < -0.39 is 0 Å². The van der Waals surface area contributed by atoms with Crippen LogP contribution in [0.15, 0.2) is 60.7 Å². The zero-order chi connectivity index (χ0) is 9.80. The predicted octanol–water partition coefficient (Wildman–Crippen LogP) is 2.76. The summed E-state index contributed by atoms with van der Waals surface area (Å²) in [6.07, 6.45) is 0. The molecule has 0 unspecified atom stereocenters. The monoisotopic (exact) mass is 303 g/mol. The topological polar surface area (TPSA) is 0 Å². The Morgan fingerprint density at radius 3 is 1.33 bits per heavy atom. The SMILES string of the molecule is C[C](c1ccccc1)c1ccccc1.[SnH2]. The van der Waals surface area contributed by atoms with Crippen LogP contribution >= 0.6 is 0 Å². The number of benzene rings is 2. The maximum atomic E-state index is 2.16. The van der Waals surface area contributed by atoms with Crippen molar-refractivity contribution < 1.29 is 0 Å². The summed E-state index contributed by atoms with van der Waals surface area (Å²) in [5.74, 6) is 1.33. The molecular weight excluding hydrogens is 287 g/mol. The Morgan fingerprint density at radius 2 is 1.00 bits per heavy atom. The molecule has 1 heteroatoms. The number of rotatable bonds is 2. The van der Waals surface area contributed by atoms with Gasteiger partial charge in [0.2, 0.25) is 0 Å². The van der Waals surface area contributed by atoms with Gasteiger partial charge in [0.15, 0.2) is 0 Å². The molecule has 0 nitrogen and oxygen atoms in total. The molecule has 2 aromatic rings. The Balaban J connectivity index is 0.00000112. The number of hydrogen-bond acceptors (Lipinski definition) is 0. The minimum atomic E-state index is 0. The van der Waals surface area contributed by atoms with Crippen LogP contribution in [0.4, 0.5) is 0 Å². The van der Waals surface area contributed by atoms with E-state index in [1.54, 1.807) is 0 Å². The van der Waals surface area contributed by atoms with Crippen molar-refractivity contribution in [3.8, 4) is 0 Å². The molecule has 3 radical (unpaired) electrons. The van der Waals surface area contributed by atoms with E-state index in [4.69, 9.17) is 0 Å². The van der Waals surface area contributed by atoms with Crippen LogP contribution in [-0.2, 0) is 0 Å². The van der Waals surface area contributed by atoms with E-state index in [1.807, 2.05) is 12.1 Å². The van der Waals surface area contributed by atoms with Crippen molar-refractivity contribution in [2.75, 3.05) is 0 Å². The number of hydrogen-bond donors (Lipinski definition) is 0. The van der Waals surface area contributed by atoms with Gasteiger partial charge in [-0.1, -0.05) is 67.6 Å². The summed E-state index contributed by atoms with van der Waals surface area (Å²) in [6.45, 7) is 2.16. The Hall–Kier alpha value is -0.761. The first-order valence-corrected chi connectivity index (χ1v) is 4.82. The van der Waals surface area contributed by atoms with Crippen molar-refractivity contribution in [1.82, 2.24) is 0 Å². The summed E-state index contributed by atoms with van der Waals surface area (Å²) in [7, 11) is 0. The van der Waals surface area contributed by atoms with Crippen LogP contribution < -0.4 is 0 Å². The fourth-order valence-electron chi connectivity index (χ4n) is 1.54. The summed E-state index contributed by atoms with van der Waals surface area (Å²) in [5, 5.41) is 0. The molecule has 0 heterocycles. The molecule has 0 aromatic heterocycles. The van der Waals surface area contributed by atoms with Gasteiger partial charge in [-0.15, -0.1) is 0 Å². The molecule has 15 heavy (non-hydrogen) atoms. The third-order valence-electron chi connectivity index (χ3n) is 2.41. The quantitative estimate of drug-likeness (QED) is 0.748. The predicted molar refractivity (Wildman–Crippen MR) is 68.5 cm³/mol. The second-order valence-electron chi connectivity index (χ2n) is 3.36. The van der Waals surface area contributed by atoms with E-state index >= 15 is 0 Å². The average Bonchev–Trinajstić information content (AvgIpc) is 2.30. The minimum absolute atomic E-state index is 0. The molecule has 0 spiro atoms. The van der Waals surface area contributed by atoms with Crippen molar-refractivity contribution in [1.29, 1.82) is 0 Å². The van der Waals surface area contributed by atoms with Crippen LogP contribution in [0, 0.1) is 5.92 Å². The fraction of sp³-hybridized carbons (Fsp3) is 0.0714. The molecule has 2 rings (SSSR count). The third-order valence-corrected chi connectivity index (χ3v) is 2.41. The Morgan fingerprint density at radius 1 is 0.667 bits per heavy atom. The summed E-state index contributed by atoms with van der Waals surface area (Å²) >= 11 is 0. The first-order valence-electron chi connectivity index (χ1n) is 4.82. The molecule has 0 fully saturated rings. The zero-order valence-corrected chi connectivity index (χ0v) is 13.0. The van der Waals surface area contributed by atoms with Crippen LogP contribution in [0.25, 0.3) is 0 Å². The molecule has 2 aromatic carbocycles. The second kappa shape index (κ2) is 5.96.